The number of hydrogen-bond acceptors (Lipinski definition) is 4. The van der Waals surface area contributed by atoms with Gasteiger partial charge in [0.05, 0.1) is 16.6 Å². The molecule has 0 saturated carbocycles. The van der Waals surface area contributed by atoms with Crippen molar-refractivity contribution >= 4 is 11.5 Å². The molecule has 0 spiro atoms. The van der Waals surface area contributed by atoms with Crippen molar-refractivity contribution in [1.29, 1.82) is 0 Å². The lowest BCUT2D eigenvalue weighted by molar-refractivity contribution is 0.608. The molecule has 0 aliphatic rings. The smallest absolute Gasteiger partial charge is 0.123 e. The maximum absolute atomic E-state index is 13.3. The third-order valence-electron chi connectivity index (χ3n) is 3.30. The van der Waals surface area contributed by atoms with E-state index in [2.05, 4.69) is 35.7 Å². The van der Waals surface area contributed by atoms with Crippen molar-refractivity contribution in [3.05, 3.63) is 45.7 Å². The predicted molar refractivity (Wildman–Crippen MR) is 80.7 cm³/mol. The molecular weight excluding hydrogens is 273 g/mol. The van der Waals surface area contributed by atoms with Gasteiger partial charge in [-0.05, 0) is 54.2 Å². The molecule has 0 bridgehead atoms. The van der Waals surface area contributed by atoms with Gasteiger partial charge in [-0.1, -0.05) is 31.3 Å². The SMILES string of the molecule is CCNC(c1ccc(F)cc1C)c1snnc1C(C)C. The largest absolute Gasteiger partial charge is 0.306 e. The summed E-state index contributed by atoms with van der Waals surface area (Å²) in [5.74, 6) is 0.124. The first-order valence-corrected chi connectivity index (χ1v) is 7.63. The van der Waals surface area contributed by atoms with Crippen LogP contribution < -0.4 is 5.32 Å². The molecule has 20 heavy (non-hydrogen) atoms. The molecule has 0 saturated heterocycles. The van der Waals surface area contributed by atoms with Gasteiger partial charge in [0, 0.05) is 0 Å². The number of nitrogens with one attached hydrogen (secondary N) is 1. The van der Waals surface area contributed by atoms with E-state index in [1.807, 2.05) is 13.0 Å². The molecule has 108 valence electrons. The van der Waals surface area contributed by atoms with Crippen molar-refractivity contribution in [1.82, 2.24) is 14.9 Å². The Morgan fingerprint density at radius 1 is 1.35 bits per heavy atom. The zero-order valence-electron chi connectivity index (χ0n) is 12.3. The number of aryl methyl sites for hydroxylation is 1. The summed E-state index contributed by atoms with van der Waals surface area (Å²) in [5, 5.41) is 7.71. The maximum Gasteiger partial charge on any atom is 0.123 e. The van der Waals surface area contributed by atoms with E-state index >= 15 is 0 Å². The summed E-state index contributed by atoms with van der Waals surface area (Å²) in [7, 11) is 0. The zero-order valence-corrected chi connectivity index (χ0v) is 13.1. The van der Waals surface area contributed by atoms with Gasteiger partial charge in [-0.15, -0.1) is 5.10 Å². The van der Waals surface area contributed by atoms with Crippen molar-refractivity contribution in [2.24, 2.45) is 0 Å². The molecule has 1 aromatic heterocycles. The van der Waals surface area contributed by atoms with Gasteiger partial charge in [-0.25, -0.2) is 4.39 Å². The van der Waals surface area contributed by atoms with Gasteiger partial charge >= 0.3 is 0 Å². The van der Waals surface area contributed by atoms with Crippen molar-refractivity contribution in [3.63, 3.8) is 0 Å². The van der Waals surface area contributed by atoms with E-state index in [1.165, 1.54) is 17.6 Å². The Hall–Kier alpha value is -1.33. The highest BCUT2D eigenvalue weighted by Gasteiger charge is 2.23. The van der Waals surface area contributed by atoms with E-state index in [1.54, 1.807) is 6.07 Å². The van der Waals surface area contributed by atoms with Crippen molar-refractivity contribution in [2.75, 3.05) is 6.54 Å². The third-order valence-corrected chi connectivity index (χ3v) is 4.11. The highest BCUT2D eigenvalue weighted by atomic mass is 32.1. The standard InChI is InChI=1S/C15H20FN3S/c1-5-17-14(12-7-6-11(16)8-10(12)4)15-13(9(2)3)18-19-20-15/h6-9,14,17H,5H2,1-4H3. The lowest BCUT2D eigenvalue weighted by Gasteiger charge is -2.20. The minimum atomic E-state index is -0.201. The molecule has 3 nitrogen and oxygen atoms in total. The van der Waals surface area contributed by atoms with Crippen molar-refractivity contribution in [2.45, 2.75) is 39.7 Å². The number of benzene rings is 1. The molecule has 1 unspecified atom stereocenters. The number of hydrogen-bond donors (Lipinski definition) is 1. The van der Waals surface area contributed by atoms with Crippen LogP contribution in [0.3, 0.4) is 0 Å². The molecule has 1 atom stereocenters. The lowest BCUT2D eigenvalue weighted by Crippen LogP contribution is -2.23. The molecule has 0 fully saturated rings. The predicted octanol–water partition coefficient (Wildman–Crippen LogP) is 3.81. The van der Waals surface area contributed by atoms with Gasteiger partial charge in [-0.3, -0.25) is 0 Å². The summed E-state index contributed by atoms with van der Waals surface area (Å²) < 4.78 is 17.4. The van der Waals surface area contributed by atoms with Crippen LogP contribution in [-0.4, -0.2) is 16.1 Å². The topological polar surface area (TPSA) is 37.8 Å². The second-order valence-corrected chi connectivity index (χ2v) is 5.95. The lowest BCUT2D eigenvalue weighted by atomic mass is 9.96. The molecule has 2 aromatic rings. The minimum Gasteiger partial charge on any atom is -0.306 e. The molecule has 5 heteroatoms. The molecule has 1 aromatic carbocycles. The van der Waals surface area contributed by atoms with Crippen LogP contribution in [0.15, 0.2) is 18.2 Å². The number of nitrogens with zero attached hydrogens (tertiary/aromatic N) is 2. The van der Waals surface area contributed by atoms with Crippen LogP contribution in [0.5, 0.6) is 0 Å². The fraction of sp³-hybridized carbons (Fsp3) is 0.467. The molecular formula is C15H20FN3S. The molecule has 1 heterocycles. The van der Waals surface area contributed by atoms with E-state index in [0.29, 0.717) is 5.92 Å². The molecule has 0 aliphatic carbocycles. The highest BCUT2D eigenvalue weighted by Crippen LogP contribution is 2.32. The van der Waals surface area contributed by atoms with Gasteiger partial charge in [-0.2, -0.15) is 0 Å². The molecule has 0 amide bonds. The van der Waals surface area contributed by atoms with Crippen molar-refractivity contribution < 1.29 is 4.39 Å². The fourth-order valence-corrected chi connectivity index (χ4v) is 3.22. The van der Waals surface area contributed by atoms with E-state index < -0.39 is 0 Å². The summed E-state index contributed by atoms with van der Waals surface area (Å²) in [6.45, 7) is 9.06. The summed E-state index contributed by atoms with van der Waals surface area (Å²) in [6, 6.07) is 4.96. The summed E-state index contributed by atoms with van der Waals surface area (Å²) in [6.07, 6.45) is 0. The van der Waals surface area contributed by atoms with Gasteiger partial charge in [0.15, 0.2) is 0 Å². The van der Waals surface area contributed by atoms with Crippen LogP contribution in [0.25, 0.3) is 0 Å². The molecule has 1 N–H and O–H groups in total. The maximum atomic E-state index is 13.3. The van der Waals surface area contributed by atoms with Crippen LogP contribution in [0.4, 0.5) is 4.39 Å². The van der Waals surface area contributed by atoms with Crippen LogP contribution in [-0.2, 0) is 0 Å². The average molecular weight is 293 g/mol. The first kappa shape index (κ1) is 15.1. The van der Waals surface area contributed by atoms with E-state index in [9.17, 15) is 4.39 Å². The first-order chi connectivity index (χ1) is 9.54. The monoisotopic (exact) mass is 293 g/mol. The average Bonchev–Trinajstić information content (AvgIpc) is 2.86. The van der Waals surface area contributed by atoms with Gasteiger partial charge in [0.25, 0.3) is 0 Å². The fourth-order valence-electron chi connectivity index (χ4n) is 2.32. The molecule has 0 radical (unpaired) electrons. The van der Waals surface area contributed by atoms with Crippen LogP contribution in [0.1, 0.15) is 54.4 Å². The van der Waals surface area contributed by atoms with Gasteiger partial charge in [0.1, 0.15) is 5.82 Å². The number of rotatable bonds is 5. The number of aromatic nitrogens is 2. The van der Waals surface area contributed by atoms with Gasteiger partial charge < -0.3 is 5.32 Å². The number of halogens is 1. The Labute approximate surface area is 123 Å². The van der Waals surface area contributed by atoms with Crippen LogP contribution in [0.2, 0.25) is 0 Å². The van der Waals surface area contributed by atoms with Crippen LogP contribution >= 0.6 is 11.5 Å². The molecule has 2 rings (SSSR count). The first-order valence-electron chi connectivity index (χ1n) is 6.86. The van der Waals surface area contributed by atoms with Crippen LogP contribution in [0, 0.1) is 12.7 Å². The quantitative estimate of drug-likeness (QED) is 0.911. The Kier molecular flexibility index (Phi) is 4.83. The van der Waals surface area contributed by atoms with E-state index in [-0.39, 0.29) is 11.9 Å². The van der Waals surface area contributed by atoms with Gasteiger partial charge in [0.2, 0.25) is 0 Å². The second kappa shape index (κ2) is 6.41. The summed E-state index contributed by atoms with van der Waals surface area (Å²) >= 11 is 1.42. The Bertz CT molecular complexity index is 580. The minimum absolute atomic E-state index is 0.0259. The molecule has 0 aliphatic heterocycles. The Morgan fingerprint density at radius 2 is 2.10 bits per heavy atom. The highest BCUT2D eigenvalue weighted by molar-refractivity contribution is 7.05. The Balaban J connectivity index is 2.47. The Morgan fingerprint density at radius 3 is 2.70 bits per heavy atom. The normalized spacial score (nSPS) is 12.9. The van der Waals surface area contributed by atoms with E-state index in [4.69, 9.17) is 0 Å². The third kappa shape index (κ3) is 3.04. The van der Waals surface area contributed by atoms with Crippen molar-refractivity contribution in [3.8, 4) is 0 Å². The summed E-state index contributed by atoms with van der Waals surface area (Å²) in [4.78, 5) is 1.12. The zero-order chi connectivity index (χ0) is 14.7. The second-order valence-electron chi connectivity index (χ2n) is 5.17. The van der Waals surface area contributed by atoms with E-state index in [0.717, 1.165) is 28.2 Å². The summed E-state index contributed by atoms with van der Waals surface area (Å²) in [5.41, 5.74) is 3.05.